The number of pyridine rings is 1. The number of nitrogens with zero attached hydrogens (tertiary/aromatic N) is 3. The van der Waals surface area contributed by atoms with Crippen LogP contribution in [-0.2, 0) is 33.8 Å². The Bertz CT molecular complexity index is 1430. The highest BCUT2D eigenvalue weighted by atomic mass is 16.5. The summed E-state index contributed by atoms with van der Waals surface area (Å²) < 4.78 is 7.54. The highest BCUT2D eigenvalue weighted by Crippen LogP contribution is 2.29. The van der Waals surface area contributed by atoms with Crippen molar-refractivity contribution in [3.8, 4) is 0 Å². The summed E-state index contributed by atoms with van der Waals surface area (Å²) in [5, 5.41) is 7.08. The first-order valence-electron chi connectivity index (χ1n) is 13.3. The zero-order valence-electron chi connectivity index (χ0n) is 22.6. The molecule has 2 heterocycles. The largest absolute Gasteiger partial charge is 0.384 e. The molecule has 0 aliphatic rings. The monoisotopic (exact) mass is 531 g/mol. The lowest BCUT2D eigenvalue weighted by Gasteiger charge is -2.12. The van der Waals surface area contributed by atoms with Crippen molar-refractivity contribution in [3.63, 3.8) is 0 Å². The fourth-order valence-corrected chi connectivity index (χ4v) is 4.71. The van der Waals surface area contributed by atoms with Crippen molar-refractivity contribution in [2.45, 2.75) is 45.7 Å². The number of nitrogens with one attached hydrogen (secondary N) is 2. The van der Waals surface area contributed by atoms with Crippen LogP contribution in [0.1, 0.15) is 43.1 Å². The Morgan fingerprint density at radius 2 is 1.82 bits per heavy atom. The van der Waals surface area contributed by atoms with Crippen molar-refractivity contribution in [2.24, 2.45) is 11.7 Å². The van der Waals surface area contributed by atoms with Crippen LogP contribution in [0, 0.1) is 5.92 Å². The molecule has 2 aromatic heterocycles. The Labute approximate surface area is 228 Å². The molecule has 0 radical (unpaired) electrons. The van der Waals surface area contributed by atoms with Crippen LogP contribution >= 0.6 is 0 Å². The van der Waals surface area contributed by atoms with Crippen LogP contribution in [0.2, 0.25) is 0 Å². The van der Waals surface area contributed by atoms with Gasteiger partial charge in [-0.15, -0.1) is 0 Å². The second-order valence-electron chi connectivity index (χ2n) is 9.63. The Morgan fingerprint density at radius 1 is 1.08 bits per heavy atom. The Hall–Kier alpha value is -4.02. The van der Waals surface area contributed by atoms with E-state index in [4.69, 9.17) is 21.2 Å². The Morgan fingerprint density at radius 3 is 2.54 bits per heavy atom. The summed E-state index contributed by atoms with van der Waals surface area (Å²) >= 11 is 0. The van der Waals surface area contributed by atoms with E-state index >= 15 is 0 Å². The minimum absolute atomic E-state index is 0.0993. The van der Waals surface area contributed by atoms with Gasteiger partial charge in [0.2, 0.25) is 11.8 Å². The van der Waals surface area contributed by atoms with Crippen molar-refractivity contribution >= 4 is 39.6 Å². The van der Waals surface area contributed by atoms with Crippen LogP contribution in [0.3, 0.4) is 0 Å². The number of methoxy groups -OCH3 is 1. The number of rotatable bonds is 14. The van der Waals surface area contributed by atoms with Crippen molar-refractivity contribution in [1.82, 2.24) is 25.2 Å². The summed E-state index contributed by atoms with van der Waals surface area (Å²) in [6, 6.07) is 16.3. The second-order valence-corrected chi connectivity index (χ2v) is 9.63. The van der Waals surface area contributed by atoms with E-state index in [2.05, 4.69) is 50.5 Å². The van der Waals surface area contributed by atoms with Gasteiger partial charge in [-0.05, 0) is 30.0 Å². The number of aromatic nitrogens is 3. The normalized spacial score (nSPS) is 12.2. The number of amides is 2. The van der Waals surface area contributed by atoms with E-state index < -0.39 is 0 Å². The van der Waals surface area contributed by atoms with E-state index in [1.54, 1.807) is 7.11 Å². The van der Waals surface area contributed by atoms with E-state index in [1.165, 1.54) is 0 Å². The minimum Gasteiger partial charge on any atom is -0.384 e. The first kappa shape index (κ1) is 28.0. The molecule has 0 saturated carbocycles. The van der Waals surface area contributed by atoms with E-state index in [-0.39, 0.29) is 24.2 Å². The Balaban J connectivity index is 1.40. The second kappa shape index (κ2) is 13.2. The third-order valence-electron chi connectivity index (χ3n) is 6.94. The van der Waals surface area contributed by atoms with Crippen LogP contribution in [0.15, 0.2) is 48.5 Å². The fraction of sp³-hybridized carbons (Fsp3) is 0.379. The number of fused-ring (bicyclic) bond motifs is 3. The van der Waals surface area contributed by atoms with Gasteiger partial charge in [0.05, 0.1) is 24.3 Å². The molecule has 4 aromatic rings. The van der Waals surface area contributed by atoms with E-state index in [0.717, 1.165) is 33.4 Å². The number of hydrogen-bond donors (Lipinski definition) is 4. The van der Waals surface area contributed by atoms with Crippen LogP contribution in [0.4, 0.5) is 5.82 Å². The molecule has 0 spiro atoms. The molecule has 10 heteroatoms. The van der Waals surface area contributed by atoms with Crippen LogP contribution in [0.5, 0.6) is 0 Å². The van der Waals surface area contributed by atoms with Crippen LogP contribution in [-0.4, -0.2) is 46.7 Å². The minimum atomic E-state index is -0.353. The number of ether oxygens (including phenoxy) is 1. The molecule has 6 N–H and O–H groups in total. The van der Waals surface area contributed by atoms with Crippen molar-refractivity contribution in [1.29, 1.82) is 0 Å². The van der Waals surface area contributed by atoms with Gasteiger partial charge in [-0.2, -0.15) is 0 Å². The lowest BCUT2D eigenvalue weighted by Crippen LogP contribution is -2.34. The highest BCUT2D eigenvalue weighted by molar-refractivity contribution is 6.06. The molecule has 1 unspecified atom stereocenters. The predicted octanol–water partition coefficient (Wildman–Crippen LogP) is 2.86. The number of para-hydroxylation sites is 1. The van der Waals surface area contributed by atoms with E-state index in [0.29, 0.717) is 57.0 Å². The quantitative estimate of drug-likeness (QED) is 0.144. The SMILES string of the molecule is CCC(CCC(=O)NCNCc1ccc(Cn2c(CCOC)nc3c(N)nc4ccccc4c32)cc1)C(N)=O. The van der Waals surface area contributed by atoms with E-state index in [1.807, 2.05) is 25.1 Å². The molecule has 39 heavy (non-hydrogen) atoms. The first-order valence-corrected chi connectivity index (χ1v) is 13.3. The molecule has 206 valence electrons. The topological polar surface area (TPSA) is 150 Å². The maximum absolute atomic E-state index is 12.1. The molecule has 0 aliphatic heterocycles. The summed E-state index contributed by atoms with van der Waals surface area (Å²) in [4.78, 5) is 32.8. The Kier molecular flexibility index (Phi) is 9.45. The summed E-state index contributed by atoms with van der Waals surface area (Å²) in [5.74, 6) is 0.616. The van der Waals surface area contributed by atoms with Gasteiger partial charge < -0.3 is 26.1 Å². The zero-order valence-corrected chi connectivity index (χ0v) is 22.6. The number of carbonyl (C=O) groups excluding carboxylic acids is 2. The molecule has 2 amide bonds. The number of primary amides is 1. The van der Waals surface area contributed by atoms with Gasteiger partial charge in [0.1, 0.15) is 11.3 Å². The van der Waals surface area contributed by atoms with E-state index in [9.17, 15) is 9.59 Å². The molecule has 4 rings (SSSR count). The molecule has 0 saturated heterocycles. The smallest absolute Gasteiger partial charge is 0.221 e. The number of anilines is 1. The number of imidazole rings is 1. The summed E-state index contributed by atoms with van der Waals surface area (Å²) in [5.41, 5.74) is 16.4. The average molecular weight is 532 g/mol. The molecular weight excluding hydrogens is 494 g/mol. The average Bonchev–Trinajstić information content (AvgIpc) is 3.30. The molecule has 1 atom stereocenters. The zero-order chi connectivity index (χ0) is 27.8. The number of nitrogen functional groups attached to an aromatic ring is 1. The molecule has 0 fully saturated rings. The highest BCUT2D eigenvalue weighted by Gasteiger charge is 2.18. The van der Waals surface area contributed by atoms with Crippen LogP contribution in [0.25, 0.3) is 21.9 Å². The van der Waals surface area contributed by atoms with Gasteiger partial charge in [-0.25, -0.2) is 9.97 Å². The lowest BCUT2D eigenvalue weighted by atomic mass is 10.00. The summed E-state index contributed by atoms with van der Waals surface area (Å²) in [7, 11) is 1.68. The number of carbonyl (C=O) groups is 2. The predicted molar refractivity (Wildman–Crippen MR) is 153 cm³/mol. The maximum atomic E-state index is 12.1. The molecule has 10 nitrogen and oxygen atoms in total. The molecular formula is C29H37N7O3. The van der Waals surface area contributed by atoms with Gasteiger partial charge in [0.15, 0.2) is 5.82 Å². The number of benzene rings is 2. The number of hydrogen-bond acceptors (Lipinski definition) is 7. The van der Waals surface area contributed by atoms with Gasteiger partial charge in [0.25, 0.3) is 0 Å². The third kappa shape index (κ3) is 6.90. The van der Waals surface area contributed by atoms with Crippen LogP contribution < -0.4 is 22.1 Å². The van der Waals surface area contributed by atoms with Gasteiger partial charge in [0, 0.05) is 44.3 Å². The number of nitrogens with two attached hydrogens (primary N) is 2. The summed E-state index contributed by atoms with van der Waals surface area (Å²) in [6.45, 7) is 4.05. The van der Waals surface area contributed by atoms with Crippen molar-refractivity contribution in [3.05, 3.63) is 65.5 Å². The fourth-order valence-electron chi connectivity index (χ4n) is 4.71. The van der Waals surface area contributed by atoms with Gasteiger partial charge in [-0.1, -0.05) is 49.4 Å². The maximum Gasteiger partial charge on any atom is 0.221 e. The molecule has 2 aromatic carbocycles. The van der Waals surface area contributed by atoms with Gasteiger partial charge in [-0.3, -0.25) is 14.9 Å². The van der Waals surface area contributed by atoms with Crippen molar-refractivity contribution in [2.75, 3.05) is 26.1 Å². The first-order chi connectivity index (χ1) is 18.9. The summed E-state index contributed by atoms with van der Waals surface area (Å²) in [6.07, 6.45) is 2.06. The van der Waals surface area contributed by atoms with Gasteiger partial charge >= 0.3 is 0 Å². The standard InChI is InChI=1S/C29H37N7O3/c1-3-21(29(31)38)12-13-25(37)33-18-32-16-19-8-10-20(11-9-19)17-36-24(14-15-39-2)35-26-27(36)22-6-4-5-7-23(22)34-28(26)30/h4-11,21,32H,3,12-18H2,1-2H3,(H2,30,34)(H2,31,38)(H,33,37). The van der Waals surface area contributed by atoms with Crippen molar-refractivity contribution < 1.29 is 14.3 Å². The molecule has 0 bridgehead atoms. The molecule has 0 aliphatic carbocycles. The lowest BCUT2D eigenvalue weighted by molar-refractivity contribution is -0.123. The third-order valence-corrected chi connectivity index (χ3v) is 6.94.